The van der Waals surface area contributed by atoms with Crippen molar-refractivity contribution >= 4 is 0 Å². The van der Waals surface area contributed by atoms with Gasteiger partial charge in [0, 0.05) is 6.04 Å². The molecule has 0 aliphatic heterocycles. The van der Waals surface area contributed by atoms with Gasteiger partial charge in [-0.3, -0.25) is 0 Å². The van der Waals surface area contributed by atoms with Crippen LogP contribution in [0.4, 0.5) is 0 Å². The predicted octanol–water partition coefficient (Wildman–Crippen LogP) is 2.75. The van der Waals surface area contributed by atoms with Crippen LogP contribution < -0.4 is 5.73 Å². The van der Waals surface area contributed by atoms with Crippen molar-refractivity contribution in [2.75, 3.05) is 0 Å². The Kier molecular flexibility index (Phi) is 4.11. The van der Waals surface area contributed by atoms with Crippen LogP contribution in [0.2, 0.25) is 0 Å². The van der Waals surface area contributed by atoms with Crippen LogP contribution in [0.1, 0.15) is 51.3 Å². The maximum atomic E-state index is 9.96. The fraction of sp³-hybridized carbons (Fsp3) is 0.571. The fourth-order valence-corrected chi connectivity index (χ4v) is 1.65. The number of hydrogen-bond donors (Lipinski definition) is 2. The van der Waals surface area contributed by atoms with Crippen molar-refractivity contribution in [1.82, 2.24) is 0 Å². The molecule has 0 bridgehead atoms. The SMILES string of the molecule is CCC(N)C(O)c1ccc(C(C)(C)C)cc1. The van der Waals surface area contributed by atoms with E-state index < -0.39 is 6.10 Å². The highest BCUT2D eigenvalue weighted by atomic mass is 16.3. The minimum atomic E-state index is -0.556. The van der Waals surface area contributed by atoms with Crippen LogP contribution in [0.15, 0.2) is 24.3 Å². The number of aliphatic hydroxyl groups excluding tert-OH is 1. The standard InChI is InChI=1S/C14H23NO/c1-5-12(15)13(16)10-6-8-11(9-7-10)14(2,3)4/h6-9,12-13,16H,5,15H2,1-4H3. The van der Waals surface area contributed by atoms with Crippen LogP contribution in [0.3, 0.4) is 0 Å². The van der Waals surface area contributed by atoms with Crippen LogP contribution in [-0.2, 0) is 5.41 Å². The average molecular weight is 221 g/mol. The van der Waals surface area contributed by atoms with Crippen molar-refractivity contribution in [3.05, 3.63) is 35.4 Å². The minimum Gasteiger partial charge on any atom is -0.387 e. The first-order chi connectivity index (χ1) is 7.36. The Balaban J connectivity index is 2.87. The molecule has 16 heavy (non-hydrogen) atoms. The largest absolute Gasteiger partial charge is 0.387 e. The first kappa shape index (κ1) is 13.2. The maximum Gasteiger partial charge on any atom is 0.0940 e. The summed E-state index contributed by atoms with van der Waals surface area (Å²) in [5.41, 5.74) is 8.15. The summed E-state index contributed by atoms with van der Waals surface area (Å²) < 4.78 is 0. The molecule has 3 N–H and O–H groups in total. The molecule has 0 aliphatic carbocycles. The van der Waals surface area contributed by atoms with E-state index in [1.165, 1.54) is 5.56 Å². The summed E-state index contributed by atoms with van der Waals surface area (Å²) in [5.74, 6) is 0. The molecule has 0 fully saturated rings. The Hall–Kier alpha value is -0.860. The summed E-state index contributed by atoms with van der Waals surface area (Å²) in [4.78, 5) is 0. The second-order valence-corrected chi connectivity index (χ2v) is 5.39. The predicted molar refractivity (Wildman–Crippen MR) is 68.4 cm³/mol. The molecular weight excluding hydrogens is 198 g/mol. The number of aliphatic hydroxyl groups is 1. The Bertz CT molecular complexity index is 324. The zero-order chi connectivity index (χ0) is 12.3. The van der Waals surface area contributed by atoms with Gasteiger partial charge < -0.3 is 10.8 Å². The van der Waals surface area contributed by atoms with Crippen LogP contribution in [-0.4, -0.2) is 11.1 Å². The summed E-state index contributed by atoms with van der Waals surface area (Å²) in [6.45, 7) is 8.51. The number of benzene rings is 1. The highest BCUT2D eigenvalue weighted by Crippen LogP contribution is 2.24. The second kappa shape index (κ2) is 4.98. The van der Waals surface area contributed by atoms with Crippen molar-refractivity contribution in [2.24, 2.45) is 5.73 Å². The van der Waals surface area contributed by atoms with E-state index in [9.17, 15) is 5.11 Å². The number of nitrogens with two attached hydrogens (primary N) is 1. The van der Waals surface area contributed by atoms with E-state index in [2.05, 4.69) is 32.9 Å². The summed E-state index contributed by atoms with van der Waals surface area (Å²) >= 11 is 0. The summed E-state index contributed by atoms with van der Waals surface area (Å²) in [6, 6.07) is 7.91. The summed E-state index contributed by atoms with van der Waals surface area (Å²) in [5, 5.41) is 9.96. The topological polar surface area (TPSA) is 46.2 Å². The molecule has 0 aromatic heterocycles. The van der Waals surface area contributed by atoms with E-state index in [0.29, 0.717) is 0 Å². The van der Waals surface area contributed by atoms with Gasteiger partial charge in [0.2, 0.25) is 0 Å². The summed E-state index contributed by atoms with van der Waals surface area (Å²) in [7, 11) is 0. The molecular formula is C14H23NO. The molecule has 2 atom stereocenters. The van der Waals surface area contributed by atoms with Crippen molar-refractivity contribution in [2.45, 2.75) is 51.7 Å². The molecule has 2 nitrogen and oxygen atoms in total. The van der Waals surface area contributed by atoms with Crippen LogP contribution >= 0.6 is 0 Å². The highest BCUT2D eigenvalue weighted by molar-refractivity contribution is 5.29. The second-order valence-electron chi connectivity index (χ2n) is 5.39. The van der Waals surface area contributed by atoms with E-state index in [-0.39, 0.29) is 11.5 Å². The zero-order valence-corrected chi connectivity index (χ0v) is 10.7. The number of hydrogen-bond acceptors (Lipinski definition) is 2. The third-order valence-corrected chi connectivity index (χ3v) is 3.00. The normalized spacial score (nSPS) is 15.9. The van der Waals surface area contributed by atoms with E-state index in [1.54, 1.807) is 0 Å². The third kappa shape index (κ3) is 3.06. The van der Waals surface area contributed by atoms with Gasteiger partial charge in [0.25, 0.3) is 0 Å². The fourth-order valence-electron chi connectivity index (χ4n) is 1.65. The van der Waals surface area contributed by atoms with Crippen molar-refractivity contribution < 1.29 is 5.11 Å². The smallest absolute Gasteiger partial charge is 0.0940 e. The van der Waals surface area contributed by atoms with Crippen molar-refractivity contribution in [1.29, 1.82) is 0 Å². The molecule has 1 rings (SSSR count). The molecule has 1 aromatic rings. The molecule has 0 amide bonds. The highest BCUT2D eigenvalue weighted by Gasteiger charge is 2.17. The molecule has 2 unspecified atom stereocenters. The lowest BCUT2D eigenvalue weighted by molar-refractivity contribution is 0.144. The van der Waals surface area contributed by atoms with Gasteiger partial charge in [0.1, 0.15) is 0 Å². The maximum absolute atomic E-state index is 9.96. The Labute approximate surface area is 98.5 Å². The van der Waals surface area contributed by atoms with E-state index in [4.69, 9.17) is 5.73 Å². The monoisotopic (exact) mass is 221 g/mol. The molecule has 2 heteroatoms. The van der Waals surface area contributed by atoms with E-state index >= 15 is 0 Å². The van der Waals surface area contributed by atoms with Gasteiger partial charge in [-0.25, -0.2) is 0 Å². The molecule has 0 saturated heterocycles. The molecule has 0 spiro atoms. The van der Waals surface area contributed by atoms with Crippen molar-refractivity contribution in [3.8, 4) is 0 Å². The van der Waals surface area contributed by atoms with Crippen LogP contribution in [0, 0.1) is 0 Å². The molecule has 0 aliphatic rings. The van der Waals surface area contributed by atoms with Crippen molar-refractivity contribution in [3.63, 3.8) is 0 Å². The van der Waals surface area contributed by atoms with Gasteiger partial charge in [-0.15, -0.1) is 0 Å². The van der Waals surface area contributed by atoms with Gasteiger partial charge in [-0.1, -0.05) is 52.0 Å². The molecule has 0 radical (unpaired) electrons. The molecule has 0 saturated carbocycles. The third-order valence-electron chi connectivity index (χ3n) is 3.00. The van der Waals surface area contributed by atoms with Crippen LogP contribution in [0.25, 0.3) is 0 Å². The molecule has 90 valence electrons. The first-order valence-electron chi connectivity index (χ1n) is 5.90. The van der Waals surface area contributed by atoms with Crippen LogP contribution in [0.5, 0.6) is 0 Å². The average Bonchev–Trinajstić information content (AvgIpc) is 2.26. The Morgan fingerprint density at radius 1 is 1.19 bits per heavy atom. The first-order valence-corrected chi connectivity index (χ1v) is 5.90. The Morgan fingerprint density at radius 2 is 1.69 bits per heavy atom. The van der Waals surface area contributed by atoms with Gasteiger partial charge in [0.05, 0.1) is 6.10 Å². The van der Waals surface area contributed by atoms with Gasteiger partial charge in [-0.05, 0) is 23.0 Å². The Morgan fingerprint density at radius 3 is 2.06 bits per heavy atom. The van der Waals surface area contributed by atoms with Gasteiger partial charge in [0.15, 0.2) is 0 Å². The minimum absolute atomic E-state index is 0.149. The lowest BCUT2D eigenvalue weighted by atomic mass is 9.86. The van der Waals surface area contributed by atoms with E-state index in [1.807, 2.05) is 19.1 Å². The molecule has 0 heterocycles. The van der Waals surface area contributed by atoms with Gasteiger partial charge >= 0.3 is 0 Å². The van der Waals surface area contributed by atoms with Gasteiger partial charge in [-0.2, -0.15) is 0 Å². The molecule has 1 aromatic carbocycles. The quantitative estimate of drug-likeness (QED) is 0.824. The zero-order valence-electron chi connectivity index (χ0n) is 10.7. The lowest BCUT2D eigenvalue weighted by Crippen LogP contribution is -2.27. The lowest BCUT2D eigenvalue weighted by Gasteiger charge is -2.21. The summed E-state index contributed by atoms with van der Waals surface area (Å²) in [6.07, 6.45) is 0.223. The van der Waals surface area contributed by atoms with E-state index in [0.717, 1.165) is 12.0 Å². The number of rotatable bonds is 3.